The number of benzene rings is 2. The van der Waals surface area contributed by atoms with Crippen LogP contribution in [0.1, 0.15) is 75.0 Å². The summed E-state index contributed by atoms with van der Waals surface area (Å²) >= 11 is 0. The summed E-state index contributed by atoms with van der Waals surface area (Å²) in [4.78, 5) is 26.0. The summed E-state index contributed by atoms with van der Waals surface area (Å²) in [6.07, 6.45) is 4.83. The first-order valence-corrected chi connectivity index (χ1v) is 12.0. The molecule has 2 N–H and O–H groups in total. The van der Waals surface area contributed by atoms with Crippen molar-refractivity contribution in [3.63, 3.8) is 0 Å². The van der Waals surface area contributed by atoms with Crippen molar-refractivity contribution < 1.29 is 19.1 Å². The highest BCUT2D eigenvalue weighted by Gasteiger charge is 2.40. The van der Waals surface area contributed by atoms with E-state index in [0.29, 0.717) is 11.6 Å². The average molecular weight is 467 g/mol. The number of hydrogen-bond acceptors (Lipinski definition) is 2. The number of aryl methyl sites for hydroxylation is 2. The first-order chi connectivity index (χ1) is 16.0. The van der Waals surface area contributed by atoms with Crippen LogP contribution in [0.5, 0.6) is 0 Å². The fourth-order valence-electron chi connectivity index (χ4n) is 4.61. The first-order valence-electron chi connectivity index (χ1n) is 12.0. The molecule has 1 atom stereocenters. The maximum atomic E-state index is 13.9. The number of anilines is 1. The van der Waals surface area contributed by atoms with Crippen LogP contribution >= 0.6 is 0 Å². The van der Waals surface area contributed by atoms with Gasteiger partial charge in [0.2, 0.25) is 0 Å². The van der Waals surface area contributed by atoms with Crippen molar-refractivity contribution in [2.75, 3.05) is 4.90 Å². The van der Waals surface area contributed by atoms with Crippen LogP contribution in [0.2, 0.25) is 0 Å². The van der Waals surface area contributed by atoms with Crippen molar-refractivity contribution in [2.24, 2.45) is 11.8 Å². The molecule has 0 bridgehead atoms. The van der Waals surface area contributed by atoms with Gasteiger partial charge in [0.15, 0.2) is 0 Å². The molecule has 2 amide bonds. The Labute approximate surface area is 201 Å². The number of aromatic carboxylic acids is 1. The Hall–Kier alpha value is -3.15. The molecule has 34 heavy (non-hydrogen) atoms. The van der Waals surface area contributed by atoms with Crippen LogP contribution in [0.25, 0.3) is 0 Å². The number of halogens is 1. The number of carboxylic acids is 1. The number of rotatable bonds is 8. The van der Waals surface area contributed by atoms with Crippen LogP contribution < -0.4 is 10.2 Å². The van der Waals surface area contributed by atoms with E-state index >= 15 is 0 Å². The zero-order valence-corrected chi connectivity index (χ0v) is 20.9. The van der Waals surface area contributed by atoms with Gasteiger partial charge in [-0.05, 0) is 78.5 Å². The molecule has 1 aliphatic rings. The second kappa shape index (κ2) is 10.00. The van der Waals surface area contributed by atoms with E-state index in [0.717, 1.165) is 36.5 Å². The molecule has 0 spiro atoms. The number of hydrogen-bond donors (Lipinski definition) is 2. The molecule has 0 aliphatic carbocycles. The van der Waals surface area contributed by atoms with E-state index in [-0.39, 0.29) is 5.92 Å². The van der Waals surface area contributed by atoms with E-state index in [9.17, 15) is 19.1 Å². The molecule has 6 heteroatoms. The number of carboxylic acid groups (broad SMARTS) is 1. The molecule has 0 fully saturated rings. The Morgan fingerprint density at radius 1 is 1.12 bits per heavy atom. The second-order valence-corrected chi connectivity index (χ2v) is 9.90. The summed E-state index contributed by atoms with van der Waals surface area (Å²) < 4.78 is 13.9. The molecule has 2 aromatic carbocycles. The van der Waals surface area contributed by atoms with Crippen molar-refractivity contribution in [1.82, 2.24) is 5.32 Å². The smallest absolute Gasteiger partial charge is 0.338 e. The van der Waals surface area contributed by atoms with Gasteiger partial charge in [0.05, 0.1) is 16.8 Å². The first kappa shape index (κ1) is 25.5. The lowest BCUT2D eigenvalue weighted by Gasteiger charge is -2.42. The number of carbonyl (C=O) groups is 2. The fraction of sp³-hybridized carbons (Fsp3) is 0.429. The Balaban J connectivity index is 2.06. The molecule has 0 radical (unpaired) electrons. The molecule has 0 saturated carbocycles. The van der Waals surface area contributed by atoms with Gasteiger partial charge in [0.25, 0.3) is 0 Å². The SMILES string of the molecule is CCc1cc([C@]2(C)NC(=O)N(c3ccc(F)c(C(=O)O)c3)C=C2C(C)C)ccc1CCC(C)C. The summed E-state index contributed by atoms with van der Waals surface area (Å²) in [5.41, 5.74) is 3.72. The summed E-state index contributed by atoms with van der Waals surface area (Å²) in [6, 6.07) is 9.76. The van der Waals surface area contributed by atoms with Crippen molar-refractivity contribution in [2.45, 2.75) is 66.3 Å². The highest BCUT2D eigenvalue weighted by atomic mass is 19.1. The maximum absolute atomic E-state index is 13.9. The van der Waals surface area contributed by atoms with Gasteiger partial charge in [-0.25, -0.2) is 14.0 Å². The molecular weight excluding hydrogens is 431 g/mol. The normalized spacial score (nSPS) is 18.3. The minimum atomic E-state index is -1.38. The molecule has 1 aliphatic heterocycles. The van der Waals surface area contributed by atoms with Gasteiger partial charge in [-0.1, -0.05) is 52.8 Å². The number of carbonyl (C=O) groups excluding carboxylic acids is 1. The van der Waals surface area contributed by atoms with E-state index in [1.807, 2.05) is 6.92 Å². The van der Waals surface area contributed by atoms with Crippen LogP contribution in [-0.2, 0) is 18.4 Å². The molecule has 0 saturated heterocycles. The fourth-order valence-corrected chi connectivity index (χ4v) is 4.61. The van der Waals surface area contributed by atoms with Gasteiger partial charge >= 0.3 is 12.0 Å². The van der Waals surface area contributed by atoms with Gasteiger partial charge in [0.1, 0.15) is 5.82 Å². The number of nitrogens with zero attached hydrogens (tertiary/aromatic N) is 1. The summed E-state index contributed by atoms with van der Waals surface area (Å²) in [5.74, 6) is -1.48. The quantitative estimate of drug-likeness (QED) is 0.457. The Bertz CT molecular complexity index is 1120. The predicted molar refractivity (Wildman–Crippen MR) is 134 cm³/mol. The minimum absolute atomic E-state index is 0.0955. The van der Waals surface area contributed by atoms with E-state index in [1.54, 1.807) is 6.20 Å². The second-order valence-electron chi connectivity index (χ2n) is 9.90. The van der Waals surface area contributed by atoms with Crippen molar-refractivity contribution >= 4 is 17.7 Å². The molecule has 0 unspecified atom stereocenters. The monoisotopic (exact) mass is 466 g/mol. The summed E-state index contributed by atoms with van der Waals surface area (Å²) in [6.45, 7) is 12.7. The van der Waals surface area contributed by atoms with E-state index in [1.165, 1.54) is 28.2 Å². The van der Waals surface area contributed by atoms with Gasteiger partial charge in [-0.3, -0.25) is 4.90 Å². The third kappa shape index (κ3) is 5.01. The minimum Gasteiger partial charge on any atom is -0.478 e. The van der Waals surface area contributed by atoms with E-state index < -0.39 is 28.9 Å². The van der Waals surface area contributed by atoms with Crippen molar-refractivity contribution in [1.29, 1.82) is 0 Å². The topological polar surface area (TPSA) is 69.6 Å². The van der Waals surface area contributed by atoms with Crippen LogP contribution in [0.4, 0.5) is 14.9 Å². The van der Waals surface area contributed by atoms with Gasteiger partial charge in [0, 0.05) is 6.20 Å². The molecule has 5 nitrogen and oxygen atoms in total. The van der Waals surface area contributed by atoms with Crippen molar-refractivity contribution in [3.05, 3.63) is 76.2 Å². The standard InChI is InChI=1S/C28H35FN2O3/c1-7-19-14-21(11-10-20(19)9-8-17(2)3)28(6)24(18(4)5)16-31(27(34)30-28)22-12-13-25(29)23(15-22)26(32)33/h10-18H,7-9H2,1-6H3,(H,30,34)(H,32,33)/t28-/m0/s1. The number of amides is 2. The lowest BCUT2D eigenvalue weighted by molar-refractivity contribution is 0.0692. The third-order valence-corrected chi connectivity index (χ3v) is 6.66. The molecule has 0 aromatic heterocycles. The zero-order valence-electron chi connectivity index (χ0n) is 20.9. The number of nitrogens with one attached hydrogen (secondary N) is 1. The zero-order chi connectivity index (χ0) is 25.2. The van der Waals surface area contributed by atoms with Crippen LogP contribution in [0, 0.1) is 17.7 Å². The summed E-state index contributed by atoms with van der Waals surface area (Å²) in [5, 5.41) is 12.4. The van der Waals surface area contributed by atoms with Crippen LogP contribution in [0.15, 0.2) is 48.2 Å². The van der Waals surface area contributed by atoms with Crippen molar-refractivity contribution in [3.8, 4) is 0 Å². The van der Waals surface area contributed by atoms with Gasteiger partial charge in [-0.2, -0.15) is 0 Å². The lowest BCUT2D eigenvalue weighted by Crippen LogP contribution is -2.55. The molecule has 2 aromatic rings. The average Bonchev–Trinajstić information content (AvgIpc) is 2.77. The van der Waals surface area contributed by atoms with Crippen LogP contribution in [0.3, 0.4) is 0 Å². The largest absolute Gasteiger partial charge is 0.478 e. The molecule has 3 rings (SSSR count). The lowest BCUT2D eigenvalue weighted by atomic mass is 9.77. The molecule has 1 heterocycles. The molecular formula is C28H35FN2O3. The Kier molecular flexibility index (Phi) is 7.49. The highest BCUT2D eigenvalue weighted by molar-refractivity contribution is 5.98. The van der Waals surface area contributed by atoms with Gasteiger partial charge in [-0.15, -0.1) is 0 Å². The third-order valence-electron chi connectivity index (χ3n) is 6.66. The highest BCUT2D eigenvalue weighted by Crippen LogP contribution is 2.39. The Morgan fingerprint density at radius 3 is 2.41 bits per heavy atom. The maximum Gasteiger partial charge on any atom is 0.338 e. The van der Waals surface area contributed by atoms with Gasteiger partial charge < -0.3 is 10.4 Å². The molecule has 182 valence electrons. The summed E-state index contributed by atoms with van der Waals surface area (Å²) in [7, 11) is 0. The Morgan fingerprint density at radius 2 is 1.82 bits per heavy atom. The van der Waals surface area contributed by atoms with E-state index in [2.05, 4.69) is 58.1 Å². The van der Waals surface area contributed by atoms with E-state index in [4.69, 9.17) is 0 Å². The number of urea groups is 1. The predicted octanol–water partition coefficient (Wildman–Crippen LogP) is 6.66. The van der Waals surface area contributed by atoms with Crippen LogP contribution in [-0.4, -0.2) is 17.1 Å².